The van der Waals surface area contributed by atoms with Gasteiger partial charge in [0.2, 0.25) is 0 Å². The predicted molar refractivity (Wildman–Crippen MR) is 87.4 cm³/mol. The van der Waals surface area contributed by atoms with Gasteiger partial charge < -0.3 is 4.74 Å². The molecule has 0 aliphatic rings. The van der Waals surface area contributed by atoms with Crippen LogP contribution in [0.15, 0.2) is 34.8 Å². The Bertz CT molecular complexity index is 651. The predicted octanol–water partition coefficient (Wildman–Crippen LogP) is 4.56. The first-order chi connectivity index (χ1) is 10.1. The molecule has 0 atom stereocenters. The number of carbonyl (C=O) groups is 1. The van der Waals surface area contributed by atoms with Gasteiger partial charge in [0.1, 0.15) is 0 Å². The molecule has 0 saturated heterocycles. The summed E-state index contributed by atoms with van der Waals surface area (Å²) in [6.07, 6.45) is 0.704. The van der Waals surface area contributed by atoms with Gasteiger partial charge in [0.05, 0.1) is 17.9 Å². The Morgan fingerprint density at radius 2 is 1.90 bits per heavy atom. The third-order valence-corrected chi connectivity index (χ3v) is 3.81. The van der Waals surface area contributed by atoms with E-state index in [1.54, 1.807) is 6.92 Å². The van der Waals surface area contributed by atoms with E-state index in [0.717, 1.165) is 27.0 Å². The monoisotopic (exact) mass is 347 g/mol. The van der Waals surface area contributed by atoms with E-state index >= 15 is 0 Å². The maximum Gasteiger partial charge on any atom is 0.340 e. The van der Waals surface area contributed by atoms with Crippen molar-refractivity contribution >= 4 is 21.9 Å². The van der Waals surface area contributed by atoms with Crippen LogP contribution in [-0.4, -0.2) is 17.6 Å². The average Bonchev–Trinajstić information content (AvgIpc) is 2.48. The molecule has 21 heavy (non-hydrogen) atoms. The molecular formula is C17H18BrNO2. The van der Waals surface area contributed by atoms with E-state index < -0.39 is 0 Å². The Balaban J connectivity index is 2.54. The van der Waals surface area contributed by atoms with Gasteiger partial charge in [0, 0.05) is 15.7 Å². The van der Waals surface area contributed by atoms with Crippen molar-refractivity contribution < 1.29 is 9.53 Å². The van der Waals surface area contributed by atoms with Gasteiger partial charge in [0.15, 0.2) is 0 Å². The molecule has 0 bridgehead atoms. The first-order valence-corrected chi connectivity index (χ1v) is 7.79. The number of aryl methyl sites for hydroxylation is 2. The van der Waals surface area contributed by atoms with E-state index in [1.807, 2.05) is 44.2 Å². The van der Waals surface area contributed by atoms with Crippen LogP contribution in [0.3, 0.4) is 0 Å². The Kier molecular flexibility index (Phi) is 5.12. The molecule has 2 aromatic rings. The summed E-state index contributed by atoms with van der Waals surface area (Å²) in [5.41, 5.74) is 4.26. The SMILES string of the molecule is CCOC(=O)c1cc(-c2ccc(Br)cc2)c(C)nc1CC. The molecule has 1 aromatic heterocycles. The number of nitrogens with zero attached hydrogens (tertiary/aromatic N) is 1. The minimum Gasteiger partial charge on any atom is -0.462 e. The molecule has 0 spiro atoms. The maximum atomic E-state index is 12.1. The van der Waals surface area contributed by atoms with Crippen molar-refractivity contribution in [1.82, 2.24) is 4.98 Å². The van der Waals surface area contributed by atoms with Crippen LogP contribution in [0.4, 0.5) is 0 Å². The molecule has 0 amide bonds. The summed E-state index contributed by atoms with van der Waals surface area (Å²) in [6, 6.07) is 9.87. The number of hydrogen-bond donors (Lipinski definition) is 0. The summed E-state index contributed by atoms with van der Waals surface area (Å²) in [7, 11) is 0. The van der Waals surface area contributed by atoms with E-state index in [-0.39, 0.29) is 5.97 Å². The lowest BCUT2D eigenvalue weighted by Crippen LogP contribution is -2.10. The minimum absolute atomic E-state index is 0.305. The number of benzene rings is 1. The van der Waals surface area contributed by atoms with Crippen LogP contribution in [0, 0.1) is 6.92 Å². The topological polar surface area (TPSA) is 39.2 Å². The standard InChI is InChI=1S/C17H18BrNO2/c1-4-16-15(17(20)21-5-2)10-14(11(3)19-16)12-6-8-13(18)9-7-12/h6-10H,4-5H2,1-3H3. The molecule has 0 fully saturated rings. The highest BCUT2D eigenvalue weighted by Gasteiger charge is 2.16. The van der Waals surface area contributed by atoms with Gasteiger partial charge in [-0.2, -0.15) is 0 Å². The van der Waals surface area contributed by atoms with Crippen LogP contribution in [0.2, 0.25) is 0 Å². The van der Waals surface area contributed by atoms with Crippen molar-refractivity contribution in [1.29, 1.82) is 0 Å². The first kappa shape index (κ1) is 15.7. The number of ether oxygens (including phenoxy) is 1. The van der Waals surface area contributed by atoms with Crippen LogP contribution >= 0.6 is 15.9 Å². The Labute approximate surface area is 133 Å². The molecule has 4 heteroatoms. The van der Waals surface area contributed by atoms with Gasteiger partial charge in [0.25, 0.3) is 0 Å². The summed E-state index contributed by atoms with van der Waals surface area (Å²) in [5.74, 6) is -0.305. The molecule has 2 rings (SSSR count). The van der Waals surface area contributed by atoms with Crippen molar-refractivity contribution in [2.24, 2.45) is 0 Å². The van der Waals surface area contributed by atoms with Crippen LogP contribution in [0.5, 0.6) is 0 Å². The number of aromatic nitrogens is 1. The van der Waals surface area contributed by atoms with Crippen LogP contribution in [0.25, 0.3) is 11.1 Å². The van der Waals surface area contributed by atoms with Crippen molar-refractivity contribution in [3.05, 3.63) is 51.8 Å². The fourth-order valence-electron chi connectivity index (χ4n) is 2.23. The number of pyridine rings is 1. The Hall–Kier alpha value is -1.68. The summed E-state index contributed by atoms with van der Waals surface area (Å²) < 4.78 is 6.15. The largest absolute Gasteiger partial charge is 0.462 e. The van der Waals surface area contributed by atoms with E-state index in [0.29, 0.717) is 18.6 Å². The third kappa shape index (κ3) is 3.50. The molecular weight excluding hydrogens is 330 g/mol. The second-order valence-corrected chi connectivity index (χ2v) is 5.61. The zero-order valence-corrected chi connectivity index (χ0v) is 14.0. The fraction of sp³-hybridized carbons (Fsp3) is 0.294. The molecule has 3 nitrogen and oxygen atoms in total. The summed E-state index contributed by atoms with van der Waals surface area (Å²) in [6.45, 7) is 6.12. The van der Waals surface area contributed by atoms with Crippen LogP contribution in [-0.2, 0) is 11.2 Å². The van der Waals surface area contributed by atoms with Crippen molar-refractivity contribution in [2.45, 2.75) is 27.2 Å². The molecule has 110 valence electrons. The zero-order chi connectivity index (χ0) is 15.4. The van der Waals surface area contributed by atoms with Gasteiger partial charge >= 0.3 is 5.97 Å². The summed E-state index contributed by atoms with van der Waals surface area (Å²) in [5, 5.41) is 0. The van der Waals surface area contributed by atoms with Crippen LogP contribution in [0.1, 0.15) is 35.6 Å². The fourth-order valence-corrected chi connectivity index (χ4v) is 2.50. The highest BCUT2D eigenvalue weighted by molar-refractivity contribution is 9.10. The zero-order valence-electron chi connectivity index (χ0n) is 12.4. The van der Waals surface area contributed by atoms with Gasteiger partial charge in [-0.05, 0) is 44.0 Å². The highest BCUT2D eigenvalue weighted by atomic mass is 79.9. The van der Waals surface area contributed by atoms with Crippen LogP contribution < -0.4 is 0 Å². The number of esters is 1. The minimum atomic E-state index is -0.305. The number of rotatable bonds is 4. The molecule has 0 aliphatic carbocycles. The number of halogens is 1. The lowest BCUT2D eigenvalue weighted by Gasteiger charge is -2.12. The lowest BCUT2D eigenvalue weighted by molar-refractivity contribution is 0.0524. The smallest absolute Gasteiger partial charge is 0.340 e. The maximum absolute atomic E-state index is 12.1. The summed E-state index contributed by atoms with van der Waals surface area (Å²) >= 11 is 3.43. The number of carbonyl (C=O) groups excluding carboxylic acids is 1. The van der Waals surface area contributed by atoms with Crippen molar-refractivity contribution in [2.75, 3.05) is 6.61 Å². The van der Waals surface area contributed by atoms with Gasteiger partial charge in [-0.3, -0.25) is 4.98 Å². The van der Waals surface area contributed by atoms with Crippen molar-refractivity contribution in [3.8, 4) is 11.1 Å². The summed E-state index contributed by atoms with van der Waals surface area (Å²) in [4.78, 5) is 16.7. The Morgan fingerprint density at radius 1 is 1.24 bits per heavy atom. The second-order valence-electron chi connectivity index (χ2n) is 4.70. The normalized spacial score (nSPS) is 10.5. The van der Waals surface area contributed by atoms with Gasteiger partial charge in [-0.15, -0.1) is 0 Å². The molecule has 0 radical (unpaired) electrons. The first-order valence-electron chi connectivity index (χ1n) is 7.00. The average molecular weight is 348 g/mol. The number of hydrogen-bond acceptors (Lipinski definition) is 3. The Morgan fingerprint density at radius 3 is 2.48 bits per heavy atom. The quantitative estimate of drug-likeness (QED) is 0.761. The molecule has 0 saturated carbocycles. The lowest BCUT2D eigenvalue weighted by atomic mass is 10.00. The molecule has 1 heterocycles. The second kappa shape index (κ2) is 6.85. The van der Waals surface area contributed by atoms with E-state index in [9.17, 15) is 4.79 Å². The third-order valence-electron chi connectivity index (χ3n) is 3.28. The van der Waals surface area contributed by atoms with E-state index in [2.05, 4.69) is 20.9 Å². The molecule has 0 aliphatic heterocycles. The molecule has 0 N–H and O–H groups in total. The molecule has 1 aromatic carbocycles. The van der Waals surface area contributed by atoms with Gasteiger partial charge in [-0.25, -0.2) is 4.79 Å². The van der Waals surface area contributed by atoms with Gasteiger partial charge in [-0.1, -0.05) is 35.0 Å². The van der Waals surface area contributed by atoms with Crippen molar-refractivity contribution in [3.63, 3.8) is 0 Å². The highest BCUT2D eigenvalue weighted by Crippen LogP contribution is 2.27. The van der Waals surface area contributed by atoms with E-state index in [1.165, 1.54) is 0 Å². The van der Waals surface area contributed by atoms with E-state index in [4.69, 9.17) is 4.74 Å². The molecule has 0 unspecified atom stereocenters.